The Morgan fingerprint density at radius 1 is 1.14 bits per heavy atom. The Hall–Kier alpha value is -3.68. The molecular formula is C20H20N4O4. The molecule has 0 aliphatic carbocycles. The van der Waals surface area contributed by atoms with Crippen LogP contribution in [-0.2, 0) is 6.42 Å². The molecule has 3 rings (SSSR count). The number of aromatic nitrogens is 3. The largest absolute Gasteiger partial charge is 0.493 e. The molecule has 2 N–H and O–H groups in total. The Labute approximate surface area is 161 Å². The molecule has 0 bridgehead atoms. The van der Waals surface area contributed by atoms with Gasteiger partial charge in [0.25, 0.3) is 11.5 Å². The molecule has 0 atom stereocenters. The average molecular weight is 380 g/mol. The van der Waals surface area contributed by atoms with E-state index in [1.807, 2.05) is 12.1 Å². The maximum atomic E-state index is 12.3. The van der Waals surface area contributed by atoms with Crippen molar-refractivity contribution in [1.29, 1.82) is 0 Å². The van der Waals surface area contributed by atoms with Crippen LogP contribution in [0.4, 0.5) is 0 Å². The zero-order valence-electron chi connectivity index (χ0n) is 15.6. The molecular weight excluding hydrogens is 360 g/mol. The van der Waals surface area contributed by atoms with Crippen molar-refractivity contribution in [3.63, 3.8) is 0 Å². The van der Waals surface area contributed by atoms with Crippen LogP contribution >= 0.6 is 0 Å². The number of rotatable bonds is 7. The van der Waals surface area contributed by atoms with Crippen LogP contribution in [-0.4, -0.2) is 41.6 Å². The molecule has 0 radical (unpaired) electrons. The first-order valence-corrected chi connectivity index (χ1v) is 8.62. The molecule has 3 aromatic rings. The molecule has 0 saturated carbocycles. The van der Waals surface area contributed by atoms with Gasteiger partial charge in [0.1, 0.15) is 11.4 Å². The van der Waals surface area contributed by atoms with E-state index in [1.165, 1.54) is 6.20 Å². The Kier molecular flexibility index (Phi) is 6.01. The summed E-state index contributed by atoms with van der Waals surface area (Å²) in [5.41, 5.74) is 0.994. The lowest BCUT2D eigenvalue weighted by atomic mass is 10.1. The number of aromatic amines is 1. The van der Waals surface area contributed by atoms with E-state index in [0.29, 0.717) is 35.9 Å². The number of hydrogen-bond acceptors (Lipinski definition) is 6. The number of methoxy groups -OCH3 is 2. The molecule has 144 valence electrons. The zero-order chi connectivity index (χ0) is 19.9. The molecule has 2 heterocycles. The highest BCUT2D eigenvalue weighted by Crippen LogP contribution is 2.30. The van der Waals surface area contributed by atoms with Crippen molar-refractivity contribution in [3.8, 4) is 22.9 Å². The third-order valence-electron chi connectivity index (χ3n) is 4.14. The van der Waals surface area contributed by atoms with Gasteiger partial charge in [0, 0.05) is 30.7 Å². The topological polar surface area (TPSA) is 106 Å². The van der Waals surface area contributed by atoms with Gasteiger partial charge in [-0.1, -0.05) is 12.1 Å². The SMILES string of the molecule is COc1cccc(CCNC(=O)c2cnc(-c3cccnc3)[nH]c2=O)c1OC. The smallest absolute Gasteiger partial charge is 0.264 e. The van der Waals surface area contributed by atoms with Gasteiger partial charge < -0.3 is 19.8 Å². The fourth-order valence-electron chi connectivity index (χ4n) is 2.76. The number of carbonyl (C=O) groups excluding carboxylic acids is 1. The summed E-state index contributed by atoms with van der Waals surface area (Å²) in [6.45, 7) is 0.326. The fourth-order valence-corrected chi connectivity index (χ4v) is 2.76. The number of nitrogens with one attached hydrogen (secondary N) is 2. The summed E-state index contributed by atoms with van der Waals surface area (Å²) in [7, 11) is 3.13. The third-order valence-corrected chi connectivity index (χ3v) is 4.14. The molecule has 0 fully saturated rings. The van der Waals surface area contributed by atoms with Crippen molar-refractivity contribution in [1.82, 2.24) is 20.3 Å². The minimum atomic E-state index is -0.509. The van der Waals surface area contributed by atoms with Gasteiger partial charge in [-0.2, -0.15) is 0 Å². The molecule has 2 aromatic heterocycles. The molecule has 0 aliphatic rings. The normalized spacial score (nSPS) is 10.4. The first kappa shape index (κ1) is 19.1. The fraction of sp³-hybridized carbons (Fsp3) is 0.200. The standard InChI is InChI=1S/C20H20N4O4/c1-27-16-7-3-5-13(17(16)28-2)8-10-22-19(25)15-12-23-18(24-20(15)26)14-6-4-9-21-11-14/h3-7,9,11-12H,8,10H2,1-2H3,(H,22,25)(H,23,24,26). The summed E-state index contributed by atoms with van der Waals surface area (Å²) in [6.07, 6.45) is 4.99. The maximum Gasteiger partial charge on any atom is 0.264 e. The van der Waals surface area contributed by atoms with E-state index in [1.54, 1.807) is 44.8 Å². The number of hydrogen-bond donors (Lipinski definition) is 2. The summed E-state index contributed by atoms with van der Waals surface area (Å²) in [5, 5.41) is 2.73. The van der Waals surface area contributed by atoms with Crippen LogP contribution in [0, 0.1) is 0 Å². The van der Waals surface area contributed by atoms with Crippen molar-refractivity contribution in [2.24, 2.45) is 0 Å². The number of para-hydroxylation sites is 1. The molecule has 1 aromatic carbocycles. The Morgan fingerprint density at radius 3 is 2.68 bits per heavy atom. The predicted octanol–water partition coefficient (Wildman–Crippen LogP) is 1.82. The lowest BCUT2D eigenvalue weighted by Crippen LogP contribution is -2.31. The second-order valence-corrected chi connectivity index (χ2v) is 5.87. The van der Waals surface area contributed by atoms with Crippen LogP contribution in [0.5, 0.6) is 11.5 Å². The summed E-state index contributed by atoms with van der Waals surface area (Å²) < 4.78 is 10.6. The van der Waals surface area contributed by atoms with Crippen LogP contribution in [0.3, 0.4) is 0 Å². The summed E-state index contributed by atoms with van der Waals surface area (Å²) in [5.74, 6) is 1.11. The van der Waals surface area contributed by atoms with Gasteiger partial charge >= 0.3 is 0 Å². The molecule has 0 spiro atoms. The molecule has 8 nitrogen and oxygen atoms in total. The number of ether oxygens (including phenoxy) is 2. The minimum Gasteiger partial charge on any atom is -0.493 e. The highest BCUT2D eigenvalue weighted by Gasteiger charge is 2.14. The van der Waals surface area contributed by atoms with Crippen LogP contribution in [0.1, 0.15) is 15.9 Å². The quantitative estimate of drug-likeness (QED) is 0.648. The number of H-pyrrole nitrogens is 1. The zero-order valence-corrected chi connectivity index (χ0v) is 15.6. The Bertz CT molecular complexity index is 1020. The molecule has 1 amide bonds. The highest BCUT2D eigenvalue weighted by atomic mass is 16.5. The van der Waals surface area contributed by atoms with E-state index < -0.39 is 11.5 Å². The summed E-state index contributed by atoms with van der Waals surface area (Å²) in [6, 6.07) is 9.06. The van der Waals surface area contributed by atoms with Crippen LogP contribution in [0.25, 0.3) is 11.4 Å². The molecule has 8 heteroatoms. The molecule has 0 saturated heterocycles. The Balaban J connectivity index is 1.67. The van der Waals surface area contributed by atoms with Gasteiger partial charge in [0.2, 0.25) is 0 Å². The maximum absolute atomic E-state index is 12.3. The number of carbonyl (C=O) groups is 1. The van der Waals surface area contributed by atoms with Gasteiger partial charge in [-0.15, -0.1) is 0 Å². The number of nitrogens with zero attached hydrogens (tertiary/aromatic N) is 2. The molecule has 0 aliphatic heterocycles. The monoisotopic (exact) mass is 380 g/mol. The lowest BCUT2D eigenvalue weighted by Gasteiger charge is -2.12. The average Bonchev–Trinajstić information content (AvgIpc) is 2.73. The Morgan fingerprint density at radius 2 is 2.00 bits per heavy atom. The number of pyridine rings is 1. The van der Waals surface area contributed by atoms with Crippen molar-refractivity contribution >= 4 is 5.91 Å². The van der Waals surface area contributed by atoms with E-state index in [4.69, 9.17) is 9.47 Å². The summed E-state index contributed by atoms with van der Waals surface area (Å²) >= 11 is 0. The third kappa shape index (κ3) is 4.17. The predicted molar refractivity (Wildman–Crippen MR) is 104 cm³/mol. The first-order chi connectivity index (χ1) is 13.6. The number of amides is 1. The van der Waals surface area contributed by atoms with Crippen LogP contribution in [0.2, 0.25) is 0 Å². The summed E-state index contributed by atoms with van der Waals surface area (Å²) in [4.78, 5) is 35.3. The van der Waals surface area contributed by atoms with E-state index in [-0.39, 0.29) is 5.56 Å². The van der Waals surface area contributed by atoms with Gasteiger partial charge in [-0.05, 0) is 30.2 Å². The second-order valence-electron chi connectivity index (χ2n) is 5.87. The first-order valence-electron chi connectivity index (χ1n) is 8.62. The van der Waals surface area contributed by atoms with Crippen LogP contribution in [0.15, 0.2) is 53.7 Å². The van der Waals surface area contributed by atoms with Gasteiger partial charge in [-0.25, -0.2) is 4.98 Å². The lowest BCUT2D eigenvalue weighted by molar-refractivity contribution is 0.0952. The van der Waals surface area contributed by atoms with Crippen molar-refractivity contribution < 1.29 is 14.3 Å². The highest BCUT2D eigenvalue weighted by molar-refractivity contribution is 5.93. The minimum absolute atomic E-state index is 0.0507. The van der Waals surface area contributed by atoms with Crippen LogP contribution < -0.4 is 20.3 Å². The molecule has 0 unspecified atom stereocenters. The van der Waals surface area contributed by atoms with Gasteiger partial charge in [0.15, 0.2) is 11.5 Å². The van der Waals surface area contributed by atoms with E-state index in [2.05, 4.69) is 20.3 Å². The van der Waals surface area contributed by atoms with Crippen molar-refractivity contribution in [3.05, 3.63) is 70.4 Å². The van der Waals surface area contributed by atoms with Gasteiger partial charge in [0.05, 0.1) is 14.2 Å². The van der Waals surface area contributed by atoms with E-state index in [9.17, 15) is 9.59 Å². The second kappa shape index (κ2) is 8.81. The van der Waals surface area contributed by atoms with Crippen molar-refractivity contribution in [2.75, 3.05) is 20.8 Å². The molecule has 28 heavy (non-hydrogen) atoms. The number of benzene rings is 1. The van der Waals surface area contributed by atoms with Crippen molar-refractivity contribution in [2.45, 2.75) is 6.42 Å². The van der Waals surface area contributed by atoms with Gasteiger partial charge in [-0.3, -0.25) is 14.6 Å². The van der Waals surface area contributed by atoms with E-state index in [0.717, 1.165) is 5.56 Å². The van der Waals surface area contributed by atoms with E-state index >= 15 is 0 Å².